The van der Waals surface area contributed by atoms with Gasteiger partial charge in [0, 0.05) is 13.0 Å². The molecule has 1 unspecified atom stereocenters. The summed E-state index contributed by atoms with van der Waals surface area (Å²) in [5.41, 5.74) is 3.73. The quantitative estimate of drug-likeness (QED) is 0.444. The Kier molecular flexibility index (Phi) is 6.32. The Labute approximate surface area is 157 Å². The van der Waals surface area contributed by atoms with Crippen molar-refractivity contribution in [3.8, 4) is 5.75 Å². The Balaban J connectivity index is 1.49. The first-order valence-electron chi connectivity index (χ1n) is 9.89. The number of rotatable bonds is 9. The fourth-order valence-corrected chi connectivity index (χ4v) is 3.34. The van der Waals surface area contributed by atoms with E-state index in [1.807, 2.05) is 0 Å². The highest BCUT2D eigenvalue weighted by Crippen LogP contribution is 2.22. The molecule has 0 spiro atoms. The first-order valence-corrected chi connectivity index (χ1v) is 9.89. The minimum atomic E-state index is 0.613. The summed E-state index contributed by atoms with van der Waals surface area (Å²) in [4.78, 5) is 4.74. The summed E-state index contributed by atoms with van der Waals surface area (Å²) in [5, 5.41) is 0. The Morgan fingerprint density at radius 1 is 1.00 bits per heavy atom. The van der Waals surface area contributed by atoms with E-state index in [1.165, 1.54) is 23.3 Å². The second kappa shape index (κ2) is 8.88. The largest absolute Gasteiger partial charge is 0.494 e. The van der Waals surface area contributed by atoms with Crippen molar-refractivity contribution in [2.75, 3.05) is 6.61 Å². The van der Waals surface area contributed by atoms with Gasteiger partial charge in [0.25, 0.3) is 0 Å². The number of ether oxygens (including phenoxy) is 1. The molecule has 0 saturated carbocycles. The molecule has 0 aliphatic carbocycles. The Morgan fingerprint density at radius 2 is 1.77 bits per heavy atom. The van der Waals surface area contributed by atoms with E-state index in [0.717, 1.165) is 43.7 Å². The molecule has 0 fully saturated rings. The van der Waals surface area contributed by atoms with Crippen LogP contribution in [0.1, 0.15) is 57.3 Å². The number of fused-ring (bicyclic) bond motifs is 1. The van der Waals surface area contributed by atoms with E-state index in [-0.39, 0.29) is 0 Å². The van der Waals surface area contributed by atoms with Crippen LogP contribution in [0.2, 0.25) is 0 Å². The molecule has 0 saturated heterocycles. The van der Waals surface area contributed by atoms with Gasteiger partial charge < -0.3 is 9.30 Å². The molecular weight excluding hydrogens is 320 g/mol. The molecule has 3 rings (SSSR count). The van der Waals surface area contributed by atoms with E-state index in [0.29, 0.717) is 5.92 Å². The first-order chi connectivity index (χ1) is 12.7. The number of para-hydroxylation sites is 2. The van der Waals surface area contributed by atoms with Gasteiger partial charge in [0.1, 0.15) is 11.6 Å². The molecule has 26 heavy (non-hydrogen) atoms. The van der Waals surface area contributed by atoms with E-state index in [9.17, 15) is 0 Å². The zero-order valence-electron chi connectivity index (χ0n) is 16.2. The van der Waals surface area contributed by atoms with Crippen molar-refractivity contribution < 1.29 is 4.74 Å². The summed E-state index contributed by atoms with van der Waals surface area (Å²) >= 11 is 0. The number of aromatic nitrogens is 2. The molecule has 0 radical (unpaired) electrons. The van der Waals surface area contributed by atoms with Gasteiger partial charge in [-0.2, -0.15) is 0 Å². The van der Waals surface area contributed by atoms with Gasteiger partial charge >= 0.3 is 0 Å². The van der Waals surface area contributed by atoms with Crippen LogP contribution in [-0.2, 0) is 13.0 Å². The third-order valence-electron chi connectivity index (χ3n) is 5.16. The van der Waals surface area contributed by atoms with Gasteiger partial charge in [0.15, 0.2) is 0 Å². The number of hydrogen-bond acceptors (Lipinski definition) is 2. The molecule has 1 aromatic heterocycles. The number of imidazole rings is 1. The summed E-state index contributed by atoms with van der Waals surface area (Å²) in [6.07, 6.45) is 4.28. The Bertz CT molecular complexity index is 820. The number of aryl methyl sites for hydroxylation is 2. The normalized spacial score (nSPS) is 12.4. The van der Waals surface area contributed by atoms with Crippen LogP contribution in [0.4, 0.5) is 0 Å². The molecule has 3 heteroatoms. The van der Waals surface area contributed by atoms with E-state index in [4.69, 9.17) is 9.72 Å². The molecule has 0 aliphatic rings. The van der Waals surface area contributed by atoms with Crippen LogP contribution >= 0.6 is 0 Å². The smallest absolute Gasteiger partial charge is 0.119 e. The fourth-order valence-electron chi connectivity index (χ4n) is 3.34. The lowest BCUT2D eigenvalue weighted by Gasteiger charge is -2.11. The Hall–Kier alpha value is -2.29. The maximum absolute atomic E-state index is 5.91. The molecule has 1 heterocycles. The van der Waals surface area contributed by atoms with Crippen LogP contribution in [0.15, 0.2) is 48.5 Å². The number of nitrogens with zero attached hydrogens (tertiary/aromatic N) is 2. The van der Waals surface area contributed by atoms with Crippen LogP contribution in [0.25, 0.3) is 11.0 Å². The minimum Gasteiger partial charge on any atom is -0.494 e. The Morgan fingerprint density at radius 3 is 2.50 bits per heavy atom. The van der Waals surface area contributed by atoms with Gasteiger partial charge in [0.05, 0.1) is 17.6 Å². The summed E-state index contributed by atoms with van der Waals surface area (Å²) in [7, 11) is 0. The number of benzene rings is 2. The van der Waals surface area contributed by atoms with Crippen LogP contribution in [0.5, 0.6) is 5.75 Å². The maximum atomic E-state index is 5.91. The highest BCUT2D eigenvalue weighted by atomic mass is 16.5. The summed E-state index contributed by atoms with van der Waals surface area (Å²) < 4.78 is 8.27. The standard InChI is InChI=1S/C23H30N2O/c1-4-18(3)19-12-14-20(15-13-19)26-17-9-8-16-25-22-11-7-6-10-21(22)24-23(25)5-2/h6-7,10-15,18H,4-5,8-9,16-17H2,1-3H3. The molecule has 0 amide bonds. The predicted octanol–water partition coefficient (Wildman–Crippen LogP) is 5.97. The van der Waals surface area contributed by atoms with Gasteiger partial charge in [-0.3, -0.25) is 0 Å². The van der Waals surface area contributed by atoms with Crippen LogP contribution in [0.3, 0.4) is 0 Å². The van der Waals surface area contributed by atoms with Gasteiger partial charge in [0.2, 0.25) is 0 Å². The number of unbranched alkanes of at least 4 members (excludes halogenated alkanes) is 1. The SMILES string of the molecule is CCc1nc2ccccc2n1CCCCOc1ccc(C(C)CC)cc1. The molecule has 0 N–H and O–H groups in total. The van der Waals surface area contributed by atoms with Gasteiger partial charge in [-0.15, -0.1) is 0 Å². The summed E-state index contributed by atoms with van der Waals surface area (Å²) in [5.74, 6) is 2.76. The van der Waals surface area contributed by atoms with E-state index in [2.05, 4.69) is 73.9 Å². The molecular formula is C23H30N2O. The summed E-state index contributed by atoms with van der Waals surface area (Å²) in [6, 6.07) is 17.0. The molecule has 0 bridgehead atoms. The molecule has 138 valence electrons. The third kappa shape index (κ3) is 4.27. The average Bonchev–Trinajstić information content (AvgIpc) is 3.05. The van der Waals surface area contributed by atoms with Crippen molar-refractivity contribution in [1.82, 2.24) is 9.55 Å². The van der Waals surface area contributed by atoms with Crippen molar-refractivity contribution in [2.45, 2.75) is 58.9 Å². The fraction of sp³-hybridized carbons (Fsp3) is 0.435. The molecule has 2 aromatic carbocycles. The van der Waals surface area contributed by atoms with Crippen molar-refractivity contribution in [3.05, 3.63) is 59.9 Å². The zero-order valence-corrected chi connectivity index (χ0v) is 16.2. The monoisotopic (exact) mass is 350 g/mol. The van der Waals surface area contributed by atoms with Gasteiger partial charge in [-0.05, 0) is 55.0 Å². The second-order valence-corrected chi connectivity index (χ2v) is 6.96. The van der Waals surface area contributed by atoms with Gasteiger partial charge in [-0.1, -0.05) is 45.0 Å². The zero-order chi connectivity index (χ0) is 18.4. The van der Waals surface area contributed by atoms with Crippen LogP contribution in [-0.4, -0.2) is 16.2 Å². The van der Waals surface area contributed by atoms with E-state index < -0.39 is 0 Å². The van der Waals surface area contributed by atoms with Gasteiger partial charge in [-0.25, -0.2) is 4.98 Å². The van der Waals surface area contributed by atoms with Crippen LogP contribution in [0, 0.1) is 0 Å². The molecule has 1 atom stereocenters. The van der Waals surface area contributed by atoms with E-state index in [1.54, 1.807) is 0 Å². The first kappa shape index (κ1) is 18.5. The van der Waals surface area contributed by atoms with Crippen molar-refractivity contribution in [1.29, 1.82) is 0 Å². The third-order valence-corrected chi connectivity index (χ3v) is 5.16. The minimum absolute atomic E-state index is 0.613. The van der Waals surface area contributed by atoms with Crippen LogP contribution < -0.4 is 4.74 Å². The van der Waals surface area contributed by atoms with Crippen molar-refractivity contribution >= 4 is 11.0 Å². The highest BCUT2D eigenvalue weighted by Gasteiger charge is 2.08. The van der Waals surface area contributed by atoms with Crippen molar-refractivity contribution in [3.63, 3.8) is 0 Å². The van der Waals surface area contributed by atoms with Crippen molar-refractivity contribution in [2.24, 2.45) is 0 Å². The highest BCUT2D eigenvalue weighted by molar-refractivity contribution is 5.75. The summed E-state index contributed by atoms with van der Waals surface area (Å²) in [6.45, 7) is 8.42. The average molecular weight is 351 g/mol. The maximum Gasteiger partial charge on any atom is 0.119 e. The van der Waals surface area contributed by atoms with E-state index >= 15 is 0 Å². The lowest BCUT2D eigenvalue weighted by Crippen LogP contribution is -2.05. The predicted molar refractivity (Wildman–Crippen MR) is 109 cm³/mol. The topological polar surface area (TPSA) is 27.1 Å². The molecule has 0 aliphatic heterocycles. The second-order valence-electron chi connectivity index (χ2n) is 6.96. The lowest BCUT2D eigenvalue weighted by atomic mass is 9.99. The molecule has 3 nitrogen and oxygen atoms in total. The molecule has 3 aromatic rings. The lowest BCUT2D eigenvalue weighted by molar-refractivity contribution is 0.303. The number of hydrogen-bond donors (Lipinski definition) is 0.